The lowest BCUT2D eigenvalue weighted by Crippen LogP contribution is -2.37. The van der Waals surface area contributed by atoms with Gasteiger partial charge in [0, 0.05) is 18.7 Å². The second-order valence-corrected chi connectivity index (χ2v) is 5.10. The summed E-state index contributed by atoms with van der Waals surface area (Å²) >= 11 is 0. The summed E-state index contributed by atoms with van der Waals surface area (Å²) in [5.74, 6) is 0.369. The van der Waals surface area contributed by atoms with Crippen LogP contribution in [-0.2, 0) is 6.54 Å². The molecular weight excluding hydrogens is 214 g/mol. The van der Waals surface area contributed by atoms with E-state index in [-0.39, 0.29) is 6.10 Å². The third-order valence-corrected chi connectivity index (χ3v) is 3.57. The van der Waals surface area contributed by atoms with Crippen molar-refractivity contribution in [2.45, 2.75) is 39.3 Å². The molecule has 1 saturated heterocycles. The summed E-state index contributed by atoms with van der Waals surface area (Å²) in [4.78, 5) is 2.21. The highest BCUT2D eigenvalue weighted by Gasteiger charge is 2.18. The maximum atomic E-state index is 9.92. The lowest BCUT2D eigenvalue weighted by molar-refractivity contribution is 0.0664. The molecule has 3 nitrogen and oxygen atoms in total. The molecule has 1 aliphatic heterocycles. The molecule has 2 N–H and O–H groups in total. The van der Waals surface area contributed by atoms with Gasteiger partial charge in [-0.1, -0.05) is 6.07 Å². The molecule has 3 heteroatoms. The molecule has 1 aromatic rings. The molecule has 1 atom stereocenters. The van der Waals surface area contributed by atoms with E-state index in [0.29, 0.717) is 12.3 Å². The second kappa shape index (κ2) is 5.07. The minimum atomic E-state index is -0.211. The summed E-state index contributed by atoms with van der Waals surface area (Å²) in [5, 5.41) is 19.5. The smallest absolute Gasteiger partial charge is 0.120 e. The molecule has 1 aromatic carbocycles. The van der Waals surface area contributed by atoms with Crippen molar-refractivity contribution >= 4 is 0 Å². The fourth-order valence-electron chi connectivity index (χ4n) is 2.40. The summed E-state index contributed by atoms with van der Waals surface area (Å²) in [5.41, 5.74) is 3.28. The van der Waals surface area contributed by atoms with E-state index in [0.717, 1.165) is 37.1 Å². The average molecular weight is 235 g/mol. The zero-order valence-electron chi connectivity index (χ0n) is 10.6. The minimum absolute atomic E-state index is 0.211. The van der Waals surface area contributed by atoms with Gasteiger partial charge >= 0.3 is 0 Å². The van der Waals surface area contributed by atoms with E-state index in [1.165, 1.54) is 5.56 Å². The van der Waals surface area contributed by atoms with Gasteiger partial charge in [0.25, 0.3) is 0 Å². The fraction of sp³-hybridized carbons (Fsp3) is 0.571. The predicted molar refractivity (Wildman–Crippen MR) is 68.1 cm³/mol. The van der Waals surface area contributed by atoms with E-state index < -0.39 is 0 Å². The van der Waals surface area contributed by atoms with E-state index in [2.05, 4.69) is 11.8 Å². The standard InChI is InChI=1S/C14H21NO2/c1-10-6-12(14(17)7-11(10)2)8-15-5-3-4-13(16)9-15/h6-7,13,16-17H,3-5,8-9H2,1-2H3. The first-order valence-electron chi connectivity index (χ1n) is 6.26. The molecule has 1 aliphatic rings. The SMILES string of the molecule is Cc1cc(O)c(CN2CCCC(O)C2)cc1C. The Morgan fingerprint density at radius 1 is 1.29 bits per heavy atom. The Morgan fingerprint density at radius 3 is 2.71 bits per heavy atom. The van der Waals surface area contributed by atoms with E-state index in [4.69, 9.17) is 0 Å². The Morgan fingerprint density at radius 2 is 2.00 bits per heavy atom. The van der Waals surface area contributed by atoms with Crippen molar-refractivity contribution in [3.05, 3.63) is 28.8 Å². The Balaban J connectivity index is 2.10. The topological polar surface area (TPSA) is 43.7 Å². The van der Waals surface area contributed by atoms with Crippen LogP contribution in [0.15, 0.2) is 12.1 Å². The summed E-state index contributed by atoms with van der Waals surface area (Å²) in [6.45, 7) is 6.51. The van der Waals surface area contributed by atoms with Crippen LogP contribution in [0.2, 0.25) is 0 Å². The maximum Gasteiger partial charge on any atom is 0.120 e. The fourth-order valence-corrected chi connectivity index (χ4v) is 2.40. The number of aromatic hydroxyl groups is 1. The monoisotopic (exact) mass is 235 g/mol. The van der Waals surface area contributed by atoms with Gasteiger partial charge in [-0.15, -0.1) is 0 Å². The Bertz CT molecular complexity index is 403. The molecule has 0 amide bonds. The number of hydrogen-bond acceptors (Lipinski definition) is 3. The predicted octanol–water partition coefficient (Wildman–Crippen LogP) is 1.97. The van der Waals surface area contributed by atoms with Gasteiger partial charge in [-0.05, 0) is 50.4 Å². The van der Waals surface area contributed by atoms with E-state index in [1.807, 2.05) is 19.1 Å². The van der Waals surface area contributed by atoms with Gasteiger partial charge < -0.3 is 10.2 Å². The number of likely N-dealkylation sites (tertiary alicyclic amines) is 1. The van der Waals surface area contributed by atoms with Crippen LogP contribution in [0, 0.1) is 13.8 Å². The lowest BCUT2D eigenvalue weighted by atomic mass is 10.0. The number of aryl methyl sites for hydroxylation is 2. The number of aliphatic hydroxyl groups is 1. The van der Waals surface area contributed by atoms with Gasteiger partial charge in [-0.2, -0.15) is 0 Å². The molecule has 0 saturated carbocycles. The molecule has 0 spiro atoms. The second-order valence-electron chi connectivity index (χ2n) is 5.10. The highest BCUT2D eigenvalue weighted by atomic mass is 16.3. The van der Waals surface area contributed by atoms with Crippen molar-refractivity contribution < 1.29 is 10.2 Å². The molecule has 0 radical (unpaired) electrons. The van der Waals surface area contributed by atoms with Gasteiger partial charge in [0.1, 0.15) is 5.75 Å². The lowest BCUT2D eigenvalue weighted by Gasteiger charge is -2.30. The molecule has 17 heavy (non-hydrogen) atoms. The third-order valence-electron chi connectivity index (χ3n) is 3.57. The van der Waals surface area contributed by atoms with Crippen molar-refractivity contribution in [1.82, 2.24) is 4.90 Å². The Hall–Kier alpha value is -1.06. The Kier molecular flexibility index (Phi) is 3.69. The molecular formula is C14H21NO2. The number of hydrogen-bond donors (Lipinski definition) is 2. The minimum Gasteiger partial charge on any atom is -0.508 e. The summed E-state index contributed by atoms with van der Waals surface area (Å²) < 4.78 is 0. The number of rotatable bonds is 2. The van der Waals surface area contributed by atoms with Crippen molar-refractivity contribution in [3.8, 4) is 5.75 Å². The van der Waals surface area contributed by atoms with E-state index in [9.17, 15) is 10.2 Å². The average Bonchev–Trinajstić information content (AvgIpc) is 2.26. The van der Waals surface area contributed by atoms with Crippen LogP contribution in [-0.4, -0.2) is 34.3 Å². The largest absolute Gasteiger partial charge is 0.508 e. The zero-order chi connectivity index (χ0) is 12.4. The summed E-state index contributed by atoms with van der Waals surface area (Å²) in [6, 6.07) is 3.87. The highest BCUT2D eigenvalue weighted by molar-refractivity contribution is 5.40. The number of β-amino-alcohol motifs (C(OH)–C–C–N with tert-alkyl or cyclic N) is 1. The van der Waals surface area contributed by atoms with Crippen LogP contribution in [0.4, 0.5) is 0 Å². The summed E-state index contributed by atoms with van der Waals surface area (Å²) in [7, 11) is 0. The quantitative estimate of drug-likeness (QED) is 0.823. The molecule has 1 fully saturated rings. The number of benzene rings is 1. The van der Waals surface area contributed by atoms with Crippen LogP contribution in [0.25, 0.3) is 0 Å². The zero-order valence-corrected chi connectivity index (χ0v) is 10.6. The van der Waals surface area contributed by atoms with Crippen LogP contribution in [0.3, 0.4) is 0 Å². The molecule has 1 unspecified atom stereocenters. The number of phenols is 1. The van der Waals surface area contributed by atoms with E-state index in [1.54, 1.807) is 0 Å². The van der Waals surface area contributed by atoms with Crippen molar-refractivity contribution in [3.63, 3.8) is 0 Å². The maximum absolute atomic E-state index is 9.92. The first-order valence-corrected chi connectivity index (χ1v) is 6.26. The first kappa shape index (κ1) is 12.4. The molecule has 0 aromatic heterocycles. The van der Waals surface area contributed by atoms with Crippen LogP contribution in [0.1, 0.15) is 29.5 Å². The number of piperidine rings is 1. The molecule has 94 valence electrons. The molecule has 0 aliphatic carbocycles. The number of nitrogens with zero attached hydrogens (tertiary/aromatic N) is 1. The van der Waals surface area contributed by atoms with Gasteiger partial charge in [0.05, 0.1) is 6.10 Å². The molecule has 2 rings (SSSR count). The van der Waals surface area contributed by atoms with Crippen LogP contribution < -0.4 is 0 Å². The van der Waals surface area contributed by atoms with Gasteiger partial charge in [0.2, 0.25) is 0 Å². The molecule has 1 heterocycles. The third kappa shape index (κ3) is 2.99. The van der Waals surface area contributed by atoms with Gasteiger partial charge in [0.15, 0.2) is 0 Å². The Labute approximate surface area is 103 Å². The van der Waals surface area contributed by atoms with Gasteiger partial charge in [-0.3, -0.25) is 4.90 Å². The number of aliphatic hydroxyl groups excluding tert-OH is 1. The van der Waals surface area contributed by atoms with Crippen LogP contribution in [0.5, 0.6) is 5.75 Å². The van der Waals surface area contributed by atoms with Gasteiger partial charge in [-0.25, -0.2) is 0 Å². The summed E-state index contributed by atoms with van der Waals surface area (Å²) in [6.07, 6.45) is 1.72. The van der Waals surface area contributed by atoms with Crippen LogP contribution >= 0.6 is 0 Å². The van der Waals surface area contributed by atoms with E-state index >= 15 is 0 Å². The van der Waals surface area contributed by atoms with Crippen molar-refractivity contribution in [2.75, 3.05) is 13.1 Å². The van der Waals surface area contributed by atoms with Crippen molar-refractivity contribution in [1.29, 1.82) is 0 Å². The number of phenolic OH excluding ortho intramolecular Hbond substituents is 1. The first-order chi connectivity index (χ1) is 8.06. The highest BCUT2D eigenvalue weighted by Crippen LogP contribution is 2.24. The van der Waals surface area contributed by atoms with Crippen molar-refractivity contribution in [2.24, 2.45) is 0 Å². The normalized spacial score (nSPS) is 21.7. The molecule has 0 bridgehead atoms.